The fourth-order valence-corrected chi connectivity index (χ4v) is 2.53. The number of rotatable bonds is 3. The quantitative estimate of drug-likeness (QED) is 0.800. The van der Waals surface area contributed by atoms with E-state index in [1.165, 1.54) is 0 Å². The smallest absolute Gasteiger partial charge is 0.137 e. The highest BCUT2D eigenvalue weighted by atomic mass is 35.5. The number of hydrogen-bond donors (Lipinski definition) is 0. The lowest BCUT2D eigenvalue weighted by Gasteiger charge is -2.25. The first-order chi connectivity index (χ1) is 9.11. The van der Waals surface area contributed by atoms with Crippen LogP contribution in [0.3, 0.4) is 0 Å². The third-order valence-electron chi connectivity index (χ3n) is 3.33. The number of halogens is 1. The third-order valence-corrected chi connectivity index (χ3v) is 3.70. The zero-order valence-corrected chi connectivity index (χ0v) is 12.7. The van der Waals surface area contributed by atoms with Crippen molar-refractivity contribution in [1.82, 2.24) is 9.97 Å². The lowest BCUT2D eigenvalue weighted by Crippen LogP contribution is -2.31. The van der Waals surface area contributed by atoms with Crippen LogP contribution in [-0.4, -0.2) is 35.8 Å². The van der Waals surface area contributed by atoms with E-state index in [0.29, 0.717) is 5.15 Å². The van der Waals surface area contributed by atoms with Crippen molar-refractivity contribution in [2.24, 2.45) is 0 Å². The fourth-order valence-electron chi connectivity index (χ4n) is 2.35. The molecule has 1 atom stereocenters. The highest BCUT2D eigenvalue weighted by Crippen LogP contribution is 2.25. The number of aryl methyl sites for hydroxylation is 1. The molecule has 1 aliphatic heterocycles. The van der Waals surface area contributed by atoms with E-state index in [4.69, 9.17) is 21.3 Å². The van der Waals surface area contributed by atoms with Crippen LogP contribution in [0.4, 0.5) is 5.82 Å². The molecular formula is C14H22ClN3O. The van der Waals surface area contributed by atoms with Gasteiger partial charge in [0.2, 0.25) is 0 Å². The highest BCUT2D eigenvalue weighted by molar-refractivity contribution is 6.30. The minimum Gasteiger partial charge on any atom is -0.377 e. The zero-order valence-electron chi connectivity index (χ0n) is 11.9. The lowest BCUT2D eigenvalue weighted by molar-refractivity contribution is 0.0820. The van der Waals surface area contributed by atoms with E-state index < -0.39 is 0 Å². The minimum atomic E-state index is 0.227. The van der Waals surface area contributed by atoms with E-state index in [9.17, 15) is 0 Å². The van der Waals surface area contributed by atoms with Gasteiger partial charge in [-0.2, -0.15) is 0 Å². The Hall–Kier alpha value is -0.870. The topological polar surface area (TPSA) is 38.2 Å². The first-order valence-corrected chi connectivity index (χ1v) is 7.39. The maximum Gasteiger partial charge on any atom is 0.137 e. The molecule has 2 rings (SSSR count). The maximum atomic E-state index is 6.24. The molecule has 2 heterocycles. The molecule has 1 unspecified atom stereocenters. The summed E-state index contributed by atoms with van der Waals surface area (Å²) in [5.74, 6) is 1.81. The number of anilines is 1. The molecule has 1 fully saturated rings. The summed E-state index contributed by atoms with van der Waals surface area (Å²) >= 11 is 6.24. The summed E-state index contributed by atoms with van der Waals surface area (Å²) in [5.41, 5.74) is 0.968. The van der Waals surface area contributed by atoms with Gasteiger partial charge < -0.3 is 9.64 Å². The molecule has 0 aliphatic carbocycles. The first-order valence-electron chi connectivity index (χ1n) is 7.01. The molecule has 0 spiro atoms. The molecule has 0 radical (unpaired) electrons. The molecule has 1 aromatic heterocycles. The van der Waals surface area contributed by atoms with Gasteiger partial charge in [0, 0.05) is 31.7 Å². The van der Waals surface area contributed by atoms with Crippen molar-refractivity contribution in [3.05, 3.63) is 16.5 Å². The van der Waals surface area contributed by atoms with Gasteiger partial charge in [-0.3, -0.25) is 0 Å². The van der Waals surface area contributed by atoms with Gasteiger partial charge in [0.15, 0.2) is 0 Å². The standard InChI is InChI=1S/C14H22ClN3O/c1-4-6-12-16-13(15)11(3)14(17-12)18-7-5-8-19-10(2)9-18/h10H,4-9H2,1-3H3. The van der Waals surface area contributed by atoms with Crippen LogP contribution < -0.4 is 4.90 Å². The summed E-state index contributed by atoms with van der Waals surface area (Å²) in [5, 5.41) is 0.575. The van der Waals surface area contributed by atoms with E-state index in [1.807, 2.05) is 6.92 Å². The largest absolute Gasteiger partial charge is 0.377 e. The van der Waals surface area contributed by atoms with Gasteiger partial charge in [0.1, 0.15) is 16.8 Å². The van der Waals surface area contributed by atoms with Crippen molar-refractivity contribution in [1.29, 1.82) is 0 Å². The molecule has 19 heavy (non-hydrogen) atoms. The van der Waals surface area contributed by atoms with Crippen LogP contribution >= 0.6 is 11.6 Å². The van der Waals surface area contributed by atoms with Crippen LogP contribution in [-0.2, 0) is 11.2 Å². The average molecular weight is 284 g/mol. The maximum absolute atomic E-state index is 6.24. The van der Waals surface area contributed by atoms with Gasteiger partial charge in [-0.25, -0.2) is 9.97 Å². The fraction of sp³-hybridized carbons (Fsp3) is 0.714. The Labute approximate surface area is 120 Å². The Balaban J connectivity index is 2.30. The number of aromatic nitrogens is 2. The van der Waals surface area contributed by atoms with Crippen LogP contribution in [0.25, 0.3) is 0 Å². The molecule has 0 N–H and O–H groups in total. The lowest BCUT2D eigenvalue weighted by atomic mass is 10.2. The summed E-state index contributed by atoms with van der Waals surface area (Å²) in [6.45, 7) is 8.85. The third kappa shape index (κ3) is 3.57. The average Bonchev–Trinajstić information content (AvgIpc) is 2.58. The minimum absolute atomic E-state index is 0.227. The van der Waals surface area contributed by atoms with E-state index in [1.54, 1.807) is 0 Å². The molecule has 0 aromatic carbocycles. The summed E-state index contributed by atoms with van der Waals surface area (Å²) in [6, 6.07) is 0. The van der Waals surface area contributed by atoms with Gasteiger partial charge in [0.05, 0.1) is 6.10 Å². The van der Waals surface area contributed by atoms with Crippen LogP contribution in [0.15, 0.2) is 0 Å². The van der Waals surface area contributed by atoms with Crippen molar-refractivity contribution in [2.75, 3.05) is 24.6 Å². The van der Waals surface area contributed by atoms with Crippen molar-refractivity contribution in [3.63, 3.8) is 0 Å². The number of hydrogen-bond acceptors (Lipinski definition) is 4. The second-order valence-electron chi connectivity index (χ2n) is 5.11. The Morgan fingerprint density at radius 1 is 1.42 bits per heavy atom. The van der Waals surface area contributed by atoms with Gasteiger partial charge in [-0.15, -0.1) is 0 Å². The molecular weight excluding hydrogens is 262 g/mol. The number of nitrogens with zero attached hydrogens (tertiary/aromatic N) is 3. The van der Waals surface area contributed by atoms with E-state index in [0.717, 1.165) is 56.2 Å². The number of ether oxygens (including phenoxy) is 1. The van der Waals surface area contributed by atoms with Gasteiger partial charge in [0.25, 0.3) is 0 Å². The predicted octanol–water partition coefficient (Wildman–Crippen LogP) is 3.01. The van der Waals surface area contributed by atoms with Crippen molar-refractivity contribution in [3.8, 4) is 0 Å². The molecule has 106 valence electrons. The highest BCUT2D eigenvalue weighted by Gasteiger charge is 2.20. The van der Waals surface area contributed by atoms with Crippen LogP contribution in [0.1, 0.15) is 38.1 Å². The van der Waals surface area contributed by atoms with Gasteiger partial charge >= 0.3 is 0 Å². The summed E-state index contributed by atoms with van der Waals surface area (Å²) in [7, 11) is 0. The Morgan fingerprint density at radius 3 is 2.95 bits per heavy atom. The second kappa shape index (κ2) is 6.53. The molecule has 0 amide bonds. The Kier molecular flexibility index (Phi) is 4.99. The Morgan fingerprint density at radius 2 is 2.21 bits per heavy atom. The monoisotopic (exact) mass is 283 g/mol. The zero-order chi connectivity index (χ0) is 13.8. The predicted molar refractivity (Wildman–Crippen MR) is 78.0 cm³/mol. The van der Waals surface area contributed by atoms with Crippen molar-refractivity contribution >= 4 is 17.4 Å². The van der Waals surface area contributed by atoms with Crippen LogP contribution in [0, 0.1) is 6.92 Å². The first kappa shape index (κ1) is 14.5. The molecule has 1 aliphatic rings. The molecule has 4 nitrogen and oxygen atoms in total. The molecule has 0 saturated carbocycles. The summed E-state index contributed by atoms with van der Waals surface area (Å²) in [6.07, 6.45) is 3.14. The van der Waals surface area contributed by atoms with Gasteiger partial charge in [-0.1, -0.05) is 18.5 Å². The molecule has 1 saturated heterocycles. The van der Waals surface area contributed by atoms with E-state index in [2.05, 4.69) is 23.7 Å². The second-order valence-corrected chi connectivity index (χ2v) is 5.47. The normalized spacial score (nSPS) is 20.4. The Bertz CT molecular complexity index is 439. The summed E-state index contributed by atoms with van der Waals surface area (Å²) < 4.78 is 5.68. The molecule has 0 bridgehead atoms. The van der Waals surface area contributed by atoms with Crippen LogP contribution in [0.5, 0.6) is 0 Å². The van der Waals surface area contributed by atoms with Crippen molar-refractivity contribution < 1.29 is 4.74 Å². The van der Waals surface area contributed by atoms with E-state index in [-0.39, 0.29) is 6.10 Å². The molecule has 5 heteroatoms. The van der Waals surface area contributed by atoms with E-state index >= 15 is 0 Å². The van der Waals surface area contributed by atoms with Crippen LogP contribution in [0.2, 0.25) is 5.15 Å². The SMILES string of the molecule is CCCc1nc(Cl)c(C)c(N2CCCOC(C)C2)n1. The van der Waals surface area contributed by atoms with Gasteiger partial charge in [-0.05, 0) is 26.7 Å². The molecule has 1 aromatic rings. The summed E-state index contributed by atoms with van der Waals surface area (Å²) in [4.78, 5) is 11.3. The van der Waals surface area contributed by atoms with Crippen molar-refractivity contribution in [2.45, 2.75) is 46.1 Å².